The molecule has 1 unspecified atom stereocenters. The summed E-state index contributed by atoms with van der Waals surface area (Å²) in [5.41, 5.74) is 1.53. The van der Waals surface area contributed by atoms with Crippen LogP contribution in [0.2, 0.25) is 0 Å². The summed E-state index contributed by atoms with van der Waals surface area (Å²) in [4.78, 5) is 41.7. The number of rotatable bonds is 4. The zero-order chi connectivity index (χ0) is 28.5. The van der Waals surface area contributed by atoms with Crippen molar-refractivity contribution in [3.05, 3.63) is 93.5 Å². The largest absolute Gasteiger partial charge is 0.490 e. The summed E-state index contributed by atoms with van der Waals surface area (Å²) in [6, 6.07) is 19.6. The van der Waals surface area contributed by atoms with Crippen molar-refractivity contribution in [3.63, 3.8) is 0 Å². The molecule has 2 amide bonds. The third kappa shape index (κ3) is 5.42. The number of aromatic amines is 1. The maximum absolute atomic E-state index is 13.3. The number of imidazole rings is 1. The van der Waals surface area contributed by atoms with Crippen LogP contribution >= 0.6 is 15.9 Å². The number of fused-ring (bicyclic) bond motifs is 2. The number of halogens is 4. The second-order valence-corrected chi connectivity index (χ2v) is 9.11. The number of amides is 2. The maximum Gasteiger partial charge on any atom is 0.490 e. The molecule has 14 heteroatoms. The van der Waals surface area contributed by atoms with Crippen molar-refractivity contribution in [3.8, 4) is 0 Å². The number of carboxylic acid groups (broad SMARTS) is 2. The molecule has 202 valence electrons. The van der Waals surface area contributed by atoms with E-state index in [0.29, 0.717) is 27.7 Å². The molecule has 0 saturated carbocycles. The predicted molar refractivity (Wildman–Crippen MR) is 135 cm³/mol. The minimum Gasteiger partial charge on any atom is -0.475 e. The Hall–Kier alpha value is -4.43. The van der Waals surface area contributed by atoms with Gasteiger partial charge in [-0.15, -0.1) is 0 Å². The topological polar surface area (TPSA) is 156 Å². The van der Waals surface area contributed by atoms with Gasteiger partial charge in [0, 0.05) is 21.2 Å². The van der Waals surface area contributed by atoms with Gasteiger partial charge in [-0.25, -0.2) is 14.6 Å². The van der Waals surface area contributed by atoms with Crippen LogP contribution in [0.4, 0.5) is 23.9 Å². The van der Waals surface area contributed by atoms with Crippen LogP contribution < -0.4 is 5.32 Å². The predicted octanol–water partition coefficient (Wildman–Crippen LogP) is 4.90. The zero-order valence-electron chi connectivity index (χ0n) is 19.5. The first kappa shape index (κ1) is 27.6. The van der Waals surface area contributed by atoms with E-state index in [2.05, 4.69) is 31.2 Å². The van der Waals surface area contributed by atoms with Crippen LogP contribution in [0, 0.1) is 0 Å². The second kappa shape index (κ2) is 10.4. The second-order valence-electron chi connectivity index (χ2n) is 8.25. The number of H-pyrrole nitrogens is 1. The number of carboxylic acids is 1. The van der Waals surface area contributed by atoms with Crippen molar-refractivity contribution in [1.29, 1.82) is 0 Å². The molecule has 1 aliphatic rings. The molecule has 1 aromatic heterocycles. The van der Waals surface area contributed by atoms with E-state index in [0.717, 1.165) is 10.0 Å². The van der Waals surface area contributed by atoms with Gasteiger partial charge in [-0.2, -0.15) is 13.2 Å². The van der Waals surface area contributed by atoms with Crippen LogP contribution in [-0.4, -0.2) is 54.3 Å². The number of anilines is 1. The van der Waals surface area contributed by atoms with E-state index in [4.69, 9.17) is 15.0 Å². The third-order valence-corrected chi connectivity index (χ3v) is 6.58. The number of carbonyl (C=O) groups excluding carboxylic acids is 1. The summed E-state index contributed by atoms with van der Waals surface area (Å²) >= 11 is 3.52. The molecule has 0 saturated heterocycles. The summed E-state index contributed by atoms with van der Waals surface area (Å²) < 4.78 is 32.6. The normalized spacial score (nSPS) is 16.4. The van der Waals surface area contributed by atoms with Gasteiger partial charge in [-0.1, -0.05) is 58.4 Å². The Morgan fingerprint density at radius 2 is 1.69 bits per heavy atom. The van der Waals surface area contributed by atoms with E-state index in [-0.39, 0.29) is 18.4 Å². The summed E-state index contributed by atoms with van der Waals surface area (Å²) in [5.74, 6) is -2.97. The van der Waals surface area contributed by atoms with Crippen molar-refractivity contribution in [2.24, 2.45) is 0 Å². The fourth-order valence-corrected chi connectivity index (χ4v) is 4.50. The Morgan fingerprint density at radius 3 is 2.33 bits per heavy atom. The van der Waals surface area contributed by atoms with Crippen LogP contribution in [0.5, 0.6) is 0 Å². The van der Waals surface area contributed by atoms with Gasteiger partial charge in [0.2, 0.25) is 5.95 Å². The lowest BCUT2D eigenvalue weighted by molar-refractivity contribution is -0.192. The zero-order valence-corrected chi connectivity index (χ0v) is 21.1. The number of carbonyl (C=O) groups is 3. The SMILES string of the molecule is O=C(O)C(F)(F)F.O=C(O)Nc1nc2cc(C3(O)c4ccccc4C(=O)N3Cc3ccccc3Br)ccc2[nH]1. The van der Waals surface area contributed by atoms with E-state index in [1.165, 1.54) is 4.90 Å². The highest BCUT2D eigenvalue weighted by Crippen LogP contribution is 2.44. The average Bonchev–Trinajstić information content (AvgIpc) is 3.36. The van der Waals surface area contributed by atoms with Gasteiger partial charge in [0.25, 0.3) is 5.91 Å². The monoisotopic (exact) mass is 606 g/mol. The van der Waals surface area contributed by atoms with Crippen molar-refractivity contribution < 1.29 is 42.9 Å². The van der Waals surface area contributed by atoms with Crippen LogP contribution in [0.25, 0.3) is 11.0 Å². The highest BCUT2D eigenvalue weighted by Gasteiger charge is 2.50. The number of benzene rings is 3. The average molecular weight is 607 g/mol. The standard InChI is InChI=1S/C23H17BrN4O4.C2HF3O2/c24-17-8-4-1-5-13(17)12-28-20(29)15-6-2-3-7-16(15)23(28,32)14-9-10-18-19(11-14)26-21(25-18)27-22(30)31;3-2(4,5)1(6)7/h1-11,32H,12H2,(H,30,31)(H2,25,26,27);(H,6,7). The molecule has 0 spiro atoms. The smallest absolute Gasteiger partial charge is 0.475 e. The molecule has 0 bridgehead atoms. The number of hydrogen-bond acceptors (Lipinski definition) is 5. The van der Waals surface area contributed by atoms with Crippen molar-refractivity contribution in [1.82, 2.24) is 14.9 Å². The number of alkyl halides is 3. The van der Waals surface area contributed by atoms with Crippen molar-refractivity contribution in [2.45, 2.75) is 18.4 Å². The van der Waals surface area contributed by atoms with Crippen LogP contribution in [0.15, 0.2) is 71.2 Å². The number of aliphatic carboxylic acids is 1. The molecule has 0 aliphatic carbocycles. The minimum absolute atomic E-state index is 0.0737. The lowest BCUT2D eigenvalue weighted by Gasteiger charge is -2.35. The number of aromatic nitrogens is 2. The Kier molecular flexibility index (Phi) is 7.35. The Morgan fingerprint density at radius 1 is 1.05 bits per heavy atom. The molecule has 0 radical (unpaired) electrons. The fraction of sp³-hybridized carbons (Fsp3) is 0.120. The number of nitrogens with zero attached hydrogens (tertiary/aromatic N) is 2. The van der Waals surface area contributed by atoms with Gasteiger partial charge in [0.1, 0.15) is 0 Å². The first-order valence-electron chi connectivity index (χ1n) is 11.0. The van der Waals surface area contributed by atoms with E-state index >= 15 is 0 Å². The minimum atomic E-state index is -5.08. The first-order chi connectivity index (χ1) is 18.3. The Bertz CT molecular complexity index is 1590. The number of nitrogens with one attached hydrogen (secondary N) is 2. The van der Waals surface area contributed by atoms with Gasteiger partial charge in [0.15, 0.2) is 5.72 Å². The highest BCUT2D eigenvalue weighted by molar-refractivity contribution is 9.10. The lowest BCUT2D eigenvalue weighted by atomic mass is 9.93. The summed E-state index contributed by atoms with van der Waals surface area (Å²) in [6.07, 6.45) is -6.32. The van der Waals surface area contributed by atoms with Crippen LogP contribution in [0.3, 0.4) is 0 Å². The summed E-state index contributed by atoms with van der Waals surface area (Å²) in [6.45, 7) is 0.176. The fourth-order valence-electron chi connectivity index (χ4n) is 4.09. The van der Waals surface area contributed by atoms with Crippen LogP contribution in [0.1, 0.15) is 27.0 Å². The molecule has 39 heavy (non-hydrogen) atoms. The van der Waals surface area contributed by atoms with Gasteiger partial charge in [-0.05, 0) is 29.8 Å². The molecule has 4 aromatic rings. The molecule has 5 rings (SSSR count). The first-order valence-corrected chi connectivity index (χ1v) is 11.8. The summed E-state index contributed by atoms with van der Waals surface area (Å²) in [5, 5.41) is 30.3. The van der Waals surface area contributed by atoms with Crippen molar-refractivity contribution in [2.75, 3.05) is 5.32 Å². The molecule has 3 aromatic carbocycles. The molecule has 1 atom stereocenters. The van der Waals surface area contributed by atoms with E-state index in [1.807, 2.05) is 24.3 Å². The molecule has 1 aliphatic heterocycles. The molecular weight excluding hydrogens is 589 g/mol. The molecule has 10 nitrogen and oxygen atoms in total. The molecule has 0 fully saturated rings. The number of aliphatic hydroxyl groups is 1. The number of hydrogen-bond donors (Lipinski definition) is 5. The third-order valence-electron chi connectivity index (χ3n) is 5.81. The maximum atomic E-state index is 13.3. The molecule has 2 heterocycles. The van der Waals surface area contributed by atoms with E-state index < -0.39 is 24.0 Å². The van der Waals surface area contributed by atoms with Gasteiger partial charge in [-0.3, -0.25) is 15.0 Å². The highest BCUT2D eigenvalue weighted by atomic mass is 79.9. The molecule has 5 N–H and O–H groups in total. The van der Waals surface area contributed by atoms with Crippen molar-refractivity contribution >= 4 is 50.9 Å². The Labute approximate surface area is 225 Å². The summed E-state index contributed by atoms with van der Waals surface area (Å²) in [7, 11) is 0. The lowest BCUT2D eigenvalue weighted by Crippen LogP contribution is -2.44. The van der Waals surface area contributed by atoms with Crippen LogP contribution in [-0.2, 0) is 17.1 Å². The molecular formula is C25H18BrF3N4O6. The Balaban J connectivity index is 0.000000448. The quantitative estimate of drug-likeness (QED) is 0.221. The van der Waals surface area contributed by atoms with Gasteiger partial charge in [0.05, 0.1) is 17.6 Å². The van der Waals surface area contributed by atoms with E-state index in [9.17, 15) is 27.9 Å². The van der Waals surface area contributed by atoms with Gasteiger partial charge >= 0.3 is 18.2 Å². The van der Waals surface area contributed by atoms with Gasteiger partial charge < -0.3 is 20.3 Å². The van der Waals surface area contributed by atoms with E-state index in [1.54, 1.807) is 42.5 Å².